The Kier molecular flexibility index (Phi) is 4.70. The highest BCUT2D eigenvalue weighted by molar-refractivity contribution is 9.10. The lowest BCUT2D eigenvalue weighted by Gasteiger charge is -2.16. The molecule has 0 saturated carbocycles. The van der Waals surface area contributed by atoms with Gasteiger partial charge in [0, 0.05) is 15.2 Å². The molecule has 3 rings (SSSR count). The molecule has 0 fully saturated rings. The van der Waals surface area contributed by atoms with Crippen LogP contribution in [0.5, 0.6) is 0 Å². The van der Waals surface area contributed by atoms with E-state index in [4.69, 9.17) is 5.84 Å². The van der Waals surface area contributed by atoms with Crippen molar-refractivity contribution in [3.63, 3.8) is 0 Å². The standard InChI is InChI=1S/C17H17BrN2S/c18-14-5-3-4-12(8-14)9-15(20-19)10-13-11-21-17-7-2-1-6-16(13)17/h1-8,11,15,20H,9-10,19H2. The van der Waals surface area contributed by atoms with Crippen LogP contribution in [0.1, 0.15) is 11.1 Å². The van der Waals surface area contributed by atoms with Gasteiger partial charge in [0.05, 0.1) is 0 Å². The summed E-state index contributed by atoms with van der Waals surface area (Å²) >= 11 is 5.32. The second-order valence-electron chi connectivity index (χ2n) is 5.16. The molecule has 0 aliphatic heterocycles. The van der Waals surface area contributed by atoms with Gasteiger partial charge in [-0.25, -0.2) is 0 Å². The van der Waals surface area contributed by atoms with Crippen molar-refractivity contribution in [3.8, 4) is 0 Å². The molecule has 2 nitrogen and oxygen atoms in total. The van der Waals surface area contributed by atoms with Crippen molar-refractivity contribution in [2.24, 2.45) is 5.84 Å². The van der Waals surface area contributed by atoms with Crippen molar-refractivity contribution in [1.82, 2.24) is 5.43 Å². The third-order valence-corrected chi connectivity index (χ3v) is 5.14. The average molecular weight is 361 g/mol. The summed E-state index contributed by atoms with van der Waals surface area (Å²) in [4.78, 5) is 0. The number of nitrogens with two attached hydrogens (primary N) is 1. The van der Waals surface area contributed by atoms with E-state index in [2.05, 4.69) is 69.2 Å². The van der Waals surface area contributed by atoms with E-state index in [1.165, 1.54) is 21.2 Å². The second-order valence-corrected chi connectivity index (χ2v) is 6.99. The van der Waals surface area contributed by atoms with Crippen LogP contribution in [0.25, 0.3) is 10.1 Å². The number of rotatable bonds is 5. The predicted molar refractivity (Wildman–Crippen MR) is 94.5 cm³/mol. The normalized spacial score (nSPS) is 12.7. The van der Waals surface area contributed by atoms with Gasteiger partial charge in [0.2, 0.25) is 0 Å². The minimum Gasteiger partial charge on any atom is -0.271 e. The summed E-state index contributed by atoms with van der Waals surface area (Å²) in [6, 6.07) is 17.2. The number of fused-ring (bicyclic) bond motifs is 1. The average Bonchev–Trinajstić information content (AvgIpc) is 2.90. The van der Waals surface area contributed by atoms with Gasteiger partial charge < -0.3 is 0 Å². The first kappa shape index (κ1) is 14.7. The molecule has 1 atom stereocenters. The maximum Gasteiger partial charge on any atom is 0.0345 e. The van der Waals surface area contributed by atoms with Crippen LogP contribution in [0.15, 0.2) is 58.4 Å². The maximum absolute atomic E-state index is 5.76. The second kappa shape index (κ2) is 6.71. The number of benzene rings is 2. The van der Waals surface area contributed by atoms with Crippen LogP contribution in [-0.2, 0) is 12.8 Å². The lowest BCUT2D eigenvalue weighted by molar-refractivity contribution is 0.524. The van der Waals surface area contributed by atoms with E-state index < -0.39 is 0 Å². The zero-order chi connectivity index (χ0) is 14.7. The Morgan fingerprint density at radius 1 is 1.10 bits per heavy atom. The SMILES string of the molecule is NNC(Cc1cccc(Br)c1)Cc1csc2ccccc12. The third kappa shape index (κ3) is 3.52. The minimum atomic E-state index is 0.234. The van der Waals surface area contributed by atoms with Gasteiger partial charge in [0.15, 0.2) is 0 Å². The van der Waals surface area contributed by atoms with E-state index in [9.17, 15) is 0 Å². The fraction of sp³-hybridized carbons (Fsp3) is 0.176. The first-order valence-corrected chi connectivity index (χ1v) is 8.59. The van der Waals surface area contributed by atoms with E-state index in [1.54, 1.807) is 11.3 Å². The summed E-state index contributed by atoms with van der Waals surface area (Å²) in [5.41, 5.74) is 5.62. The molecule has 1 unspecified atom stereocenters. The van der Waals surface area contributed by atoms with Gasteiger partial charge in [-0.3, -0.25) is 11.3 Å². The third-order valence-electron chi connectivity index (χ3n) is 3.63. The molecule has 4 heteroatoms. The van der Waals surface area contributed by atoms with Gasteiger partial charge in [-0.1, -0.05) is 46.3 Å². The Morgan fingerprint density at radius 3 is 2.76 bits per heavy atom. The summed E-state index contributed by atoms with van der Waals surface area (Å²) in [6.07, 6.45) is 1.85. The summed E-state index contributed by atoms with van der Waals surface area (Å²) in [7, 11) is 0. The molecule has 0 aliphatic carbocycles. The predicted octanol–water partition coefficient (Wildman–Crippen LogP) is 4.28. The molecule has 0 bridgehead atoms. The fourth-order valence-electron chi connectivity index (χ4n) is 2.59. The van der Waals surface area contributed by atoms with Gasteiger partial charge in [-0.15, -0.1) is 11.3 Å². The van der Waals surface area contributed by atoms with Crippen LogP contribution in [-0.4, -0.2) is 6.04 Å². The zero-order valence-corrected chi connectivity index (χ0v) is 14.0. The molecular formula is C17H17BrN2S. The lowest BCUT2D eigenvalue weighted by Crippen LogP contribution is -2.38. The topological polar surface area (TPSA) is 38.0 Å². The molecule has 0 radical (unpaired) electrons. The van der Waals surface area contributed by atoms with E-state index in [1.807, 2.05) is 6.07 Å². The van der Waals surface area contributed by atoms with Crippen molar-refractivity contribution in [3.05, 3.63) is 69.5 Å². The van der Waals surface area contributed by atoms with Crippen molar-refractivity contribution in [2.45, 2.75) is 18.9 Å². The fourth-order valence-corrected chi connectivity index (χ4v) is 4.02. The smallest absolute Gasteiger partial charge is 0.0345 e. The molecule has 0 saturated heterocycles. The van der Waals surface area contributed by atoms with Crippen LogP contribution >= 0.6 is 27.3 Å². The number of thiophene rings is 1. The lowest BCUT2D eigenvalue weighted by atomic mass is 9.99. The summed E-state index contributed by atoms with van der Waals surface area (Å²) in [5, 5.41) is 3.59. The van der Waals surface area contributed by atoms with E-state index in [-0.39, 0.29) is 6.04 Å². The number of hydrazine groups is 1. The quantitative estimate of drug-likeness (QED) is 0.526. The van der Waals surface area contributed by atoms with Crippen LogP contribution in [0.2, 0.25) is 0 Å². The van der Waals surface area contributed by atoms with Crippen molar-refractivity contribution in [2.75, 3.05) is 0 Å². The van der Waals surface area contributed by atoms with Gasteiger partial charge in [-0.2, -0.15) is 0 Å². The molecule has 3 N–H and O–H groups in total. The first-order chi connectivity index (χ1) is 10.3. The Hall–Kier alpha value is -1.20. The number of nitrogens with one attached hydrogen (secondary N) is 1. The number of hydrogen-bond donors (Lipinski definition) is 2. The molecule has 1 heterocycles. The molecule has 108 valence electrons. The van der Waals surface area contributed by atoms with Crippen LogP contribution < -0.4 is 11.3 Å². The minimum absolute atomic E-state index is 0.234. The zero-order valence-electron chi connectivity index (χ0n) is 11.6. The van der Waals surface area contributed by atoms with E-state index in [0.717, 1.165) is 17.3 Å². The molecule has 1 aromatic heterocycles. The van der Waals surface area contributed by atoms with Gasteiger partial charge >= 0.3 is 0 Å². The van der Waals surface area contributed by atoms with Crippen LogP contribution in [0.3, 0.4) is 0 Å². The van der Waals surface area contributed by atoms with Crippen molar-refractivity contribution in [1.29, 1.82) is 0 Å². The molecular weight excluding hydrogens is 344 g/mol. The first-order valence-electron chi connectivity index (χ1n) is 6.92. The van der Waals surface area contributed by atoms with E-state index >= 15 is 0 Å². The summed E-state index contributed by atoms with van der Waals surface area (Å²) < 4.78 is 2.45. The molecule has 0 spiro atoms. The van der Waals surface area contributed by atoms with Crippen molar-refractivity contribution < 1.29 is 0 Å². The summed E-state index contributed by atoms with van der Waals surface area (Å²) in [5.74, 6) is 5.76. The Labute approximate surface area is 137 Å². The molecule has 21 heavy (non-hydrogen) atoms. The number of hydrogen-bond acceptors (Lipinski definition) is 3. The van der Waals surface area contributed by atoms with Gasteiger partial charge in [0.1, 0.15) is 0 Å². The highest BCUT2D eigenvalue weighted by atomic mass is 79.9. The van der Waals surface area contributed by atoms with Gasteiger partial charge in [0.25, 0.3) is 0 Å². The molecule has 0 amide bonds. The van der Waals surface area contributed by atoms with Crippen LogP contribution in [0.4, 0.5) is 0 Å². The molecule has 2 aromatic carbocycles. The Balaban J connectivity index is 1.78. The van der Waals surface area contributed by atoms with Crippen molar-refractivity contribution >= 4 is 37.4 Å². The van der Waals surface area contributed by atoms with Crippen LogP contribution in [0, 0.1) is 0 Å². The highest BCUT2D eigenvalue weighted by Crippen LogP contribution is 2.27. The molecule has 3 aromatic rings. The largest absolute Gasteiger partial charge is 0.271 e. The maximum atomic E-state index is 5.76. The summed E-state index contributed by atoms with van der Waals surface area (Å²) in [6.45, 7) is 0. The Morgan fingerprint density at radius 2 is 1.95 bits per heavy atom. The van der Waals surface area contributed by atoms with E-state index in [0.29, 0.717) is 0 Å². The molecule has 0 aliphatic rings. The van der Waals surface area contributed by atoms with Gasteiger partial charge in [-0.05, 0) is 52.9 Å². The monoisotopic (exact) mass is 360 g/mol. The number of halogens is 1. The highest BCUT2D eigenvalue weighted by Gasteiger charge is 2.12. The Bertz CT molecular complexity index is 738.